The highest BCUT2D eigenvalue weighted by Crippen LogP contribution is 2.22. The smallest absolute Gasteiger partial charge is 0.254 e. The summed E-state index contributed by atoms with van der Waals surface area (Å²) in [5.74, 6) is 0.754. The lowest BCUT2D eigenvalue weighted by atomic mass is 9.96. The lowest BCUT2D eigenvalue weighted by molar-refractivity contribution is 0.0692. The van der Waals surface area contributed by atoms with Crippen LogP contribution in [-0.4, -0.2) is 30.4 Å². The Morgan fingerprint density at radius 3 is 2.72 bits per heavy atom. The van der Waals surface area contributed by atoms with E-state index < -0.39 is 0 Å². The zero-order valence-electron chi connectivity index (χ0n) is 10.7. The van der Waals surface area contributed by atoms with Crippen LogP contribution in [0.5, 0.6) is 0 Å². The van der Waals surface area contributed by atoms with Crippen molar-refractivity contribution in [2.75, 3.05) is 19.6 Å². The van der Waals surface area contributed by atoms with Crippen LogP contribution in [-0.2, 0) is 0 Å². The maximum atomic E-state index is 12.5. The lowest BCUT2D eigenvalue weighted by Gasteiger charge is -2.31. The molecule has 0 atom stereocenters. The van der Waals surface area contributed by atoms with Gasteiger partial charge in [0, 0.05) is 16.7 Å². The summed E-state index contributed by atoms with van der Waals surface area (Å²) in [5, 5.41) is 0. The van der Waals surface area contributed by atoms with E-state index in [9.17, 15) is 4.79 Å². The van der Waals surface area contributed by atoms with Gasteiger partial charge >= 0.3 is 0 Å². The number of carbonyl (C=O) groups is 1. The maximum Gasteiger partial charge on any atom is 0.254 e. The van der Waals surface area contributed by atoms with E-state index in [1.54, 1.807) is 0 Å². The van der Waals surface area contributed by atoms with Crippen molar-refractivity contribution in [1.82, 2.24) is 4.90 Å². The molecular formula is C14H19IN2O. The van der Waals surface area contributed by atoms with Crippen LogP contribution in [0.1, 0.15) is 28.8 Å². The van der Waals surface area contributed by atoms with Crippen molar-refractivity contribution in [3.05, 3.63) is 32.9 Å². The third kappa shape index (κ3) is 2.85. The maximum absolute atomic E-state index is 12.5. The Morgan fingerprint density at radius 1 is 1.44 bits per heavy atom. The normalized spacial score (nSPS) is 16.9. The highest BCUT2D eigenvalue weighted by Gasteiger charge is 2.24. The number of piperidine rings is 1. The Hall–Kier alpha value is -0.620. The van der Waals surface area contributed by atoms with Crippen LogP contribution >= 0.6 is 22.6 Å². The van der Waals surface area contributed by atoms with Crippen molar-refractivity contribution in [3.8, 4) is 0 Å². The highest BCUT2D eigenvalue weighted by molar-refractivity contribution is 14.1. The SMILES string of the molecule is Cc1cccc(C(=O)N2CCC(CN)CC2)c1I. The summed E-state index contributed by atoms with van der Waals surface area (Å²) in [6.45, 7) is 4.46. The predicted octanol–water partition coefficient (Wildman–Crippen LogP) is 2.41. The van der Waals surface area contributed by atoms with Crippen molar-refractivity contribution in [1.29, 1.82) is 0 Å². The molecule has 1 aliphatic heterocycles. The number of carbonyl (C=O) groups excluding carboxylic acids is 1. The van der Waals surface area contributed by atoms with Gasteiger partial charge in [-0.3, -0.25) is 4.79 Å². The summed E-state index contributed by atoms with van der Waals surface area (Å²) in [6, 6.07) is 5.92. The van der Waals surface area contributed by atoms with E-state index >= 15 is 0 Å². The molecule has 0 unspecified atom stereocenters. The van der Waals surface area contributed by atoms with Gasteiger partial charge in [0.2, 0.25) is 0 Å². The van der Waals surface area contributed by atoms with Crippen LogP contribution in [0.4, 0.5) is 0 Å². The number of hydrogen-bond acceptors (Lipinski definition) is 2. The van der Waals surface area contributed by atoms with E-state index in [4.69, 9.17) is 5.73 Å². The standard InChI is InChI=1S/C14H19IN2O/c1-10-3-2-4-12(13(10)15)14(18)17-7-5-11(9-16)6-8-17/h2-4,11H,5-9,16H2,1H3. The quantitative estimate of drug-likeness (QED) is 0.826. The summed E-state index contributed by atoms with van der Waals surface area (Å²) in [7, 11) is 0. The van der Waals surface area contributed by atoms with E-state index in [1.165, 1.54) is 5.56 Å². The number of amides is 1. The number of aryl methyl sites for hydroxylation is 1. The minimum Gasteiger partial charge on any atom is -0.339 e. The first-order valence-corrected chi connectivity index (χ1v) is 7.45. The zero-order valence-corrected chi connectivity index (χ0v) is 12.8. The topological polar surface area (TPSA) is 46.3 Å². The first-order chi connectivity index (χ1) is 8.63. The van der Waals surface area contributed by atoms with Gasteiger partial charge in [-0.15, -0.1) is 0 Å². The van der Waals surface area contributed by atoms with Gasteiger partial charge in [0.15, 0.2) is 0 Å². The van der Waals surface area contributed by atoms with Crippen molar-refractivity contribution in [2.45, 2.75) is 19.8 Å². The van der Waals surface area contributed by atoms with Gasteiger partial charge in [0.05, 0.1) is 5.56 Å². The van der Waals surface area contributed by atoms with Crippen LogP contribution in [0.3, 0.4) is 0 Å². The molecule has 2 rings (SSSR count). The number of nitrogens with two attached hydrogens (primary N) is 1. The zero-order chi connectivity index (χ0) is 13.1. The highest BCUT2D eigenvalue weighted by atomic mass is 127. The molecule has 3 nitrogen and oxygen atoms in total. The fourth-order valence-electron chi connectivity index (χ4n) is 2.35. The fraction of sp³-hybridized carbons (Fsp3) is 0.500. The number of nitrogens with zero attached hydrogens (tertiary/aromatic N) is 1. The van der Waals surface area contributed by atoms with Crippen LogP contribution in [0, 0.1) is 16.4 Å². The van der Waals surface area contributed by atoms with E-state index in [2.05, 4.69) is 22.6 Å². The Kier molecular flexibility index (Phi) is 4.61. The van der Waals surface area contributed by atoms with E-state index in [0.29, 0.717) is 5.92 Å². The molecule has 1 saturated heterocycles. The number of hydrogen-bond donors (Lipinski definition) is 1. The number of halogens is 1. The Morgan fingerprint density at radius 2 is 2.11 bits per heavy atom. The molecule has 0 aromatic heterocycles. The summed E-state index contributed by atoms with van der Waals surface area (Å²) >= 11 is 2.26. The second kappa shape index (κ2) is 6.02. The van der Waals surface area contributed by atoms with Gasteiger partial charge in [-0.25, -0.2) is 0 Å². The Bertz CT molecular complexity index is 439. The van der Waals surface area contributed by atoms with Crippen molar-refractivity contribution < 1.29 is 4.79 Å². The largest absolute Gasteiger partial charge is 0.339 e. The van der Waals surface area contributed by atoms with Crippen LogP contribution in [0.25, 0.3) is 0 Å². The van der Waals surface area contributed by atoms with Crippen molar-refractivity contribution in [2.24, 2.45) is 11.7 Å². The molecule has 0 bridgehead atoms. The van der Waals surface area contributed by atoms with Crippen molar-refractivity contribution in [3.63, 3.8) is 0 Å². The second-order valence-electron chi connectivity index (χ2n) is 4.91. The molecule has 0 spiro atoms. The molecule has 1 aromatic carbocycles. The summed E-state index contributed by atoms with van der Waals surface area (Å²) in [4.78, 5) is 14.4. The molecule has 2 N–H and O–H groups in total. The van der Waals surface area contributed by atoms with Crippen LogP contribution < -0.4 is 5.73 Å². The predicted molar refractivity (Wildman–Crippen MR) is 81.6 cm³/mol. The number of likely N-dealkylation sites (tertiary alicyclic amines) is 1. The molecule has 0 saturated carbocycles. The van der Waals surface area contributed by atoms with E-state index in [-0.39, 0.29) is 5.91 Å². The van der Waals surface area contributed by atoms with Gasteiger partial charge in [-0.1, -0.05) is 12.1 Å². The molecular weight excluding hydrogens is 339 g/mol. The van der Waals surface area contributed by atoms with Crippen LogP contribution in [0.15, 0.2) is 18.2 Å². The molecule has 98 valence electrons. The molecule has 1 aliphatic rings. The molecule has 18 heavy (non-hydrogen) atoms. The van der Waals surface area contributed by atoms with Crippen molar-refractivity contribution >= 4 is 28.5 Å². The Labute approximate surface area is 122 Å². The second-order valence-corrected chi connectivity index (χ2v) is 5.99. The molecule has 0 aliphatic carbocycles. The first-order valence-electron chi connectivity index (χ1n) is 6.38. The first kappa shape index (κ1) is 13.8. The minimum atomic E-state index is 0.165. The molecule has 1 heterocycles. The average Bonchev–Trinajstić information content (AvgIpc) is 2.41. The van der Waals surface area contributed by atoms with Gasteiger partial charge in [0.1, 0.15) is 0 Å². The summed E-state index contributed by atoms with van der Waals surface area (Å²) in [5.41, 5.74) is 7.68. The van der Waals surface area contributed by atoms with Crippen LogP contribution in [0.2, 0.25) is 0 Å². The molecule has 1 amide bonds. The number of rotatable bonds is 2. The fourth-order valence-corrected chi connectivity index (χ4v) is 2.94. The minimum absolute atomic E-state index is 0.165. The Balaban J connectivity index is 2.10. The van der Waals surface area contributed by atoms with Gasteiger partial charge in [0.25, 0.3) is 5.91 Å². The van der Waals surface area contributed by atoms with E-state index in [1.807, 2.05) is 30.0 Å². The summed E-state index contributed by atoms with van der Waals surface area (Å²) < 4.78 is 1.07. The monoisotopic (exact) mass is 358 g/mol. The third-order valence-corrected chi connectivity index (χ3v) is 5.09. The average molecular weight is 358 g/mol. The lowest BCUT2D eigenvalue weighted by Crippen LogP contribution is -2.40. The van der Waals surface area contributed by atoms with Gasteiger partial charge < -0.3 is 10.6 Å². The van der Waals surface area contributed by atoms with Gasteiger partial charge in [-0.2, -0.15) is 0 Å². The molecule has 1 aromatic rings. The molecule has 1 fully saturated rings. The molecule has 0 radical (unpaired) electrons. The third-order valence-electron chi connectivity index (χ3n) is 3.66. The summed E-state index contributed by atoms with van der Waals surface area (Å²) in [6.07, 6.45) is 2.06. The molecule has 4 heteroatoms. The van der Waals surface area contributed by atoms with E-state index in [0.717, 1.165) is 41.6 Å². The number of benzene rings is 1. The van der Waals surface area contributed by atoms with Gasteiger partial charge in [-0.05, 0) is 66.4 Å².